The van der Waals surface area contributed by atoms with Gasteiger partial charge < -0.3 is 9.15 Å². The molecule has 0 amide bonds. The van der Waals surface area contributed by atoms with E-state index in [1.165, 1.54) is 0 Å². The second-order valence-corrected chi connectivity index (χ2v) is 3.68. The predicted molar refractivity (Wildman–Crippen MR) is 63.4 cm³/mol. The molecule has 0 saturated carbocycles. The second kappa shape index (κ2) is 4.99. The van der Waals surface area contributed by atoms with Gasteiger partial charge in [-0.3, -0.25) is 10.8 Å². The van der Waals surface area contributed by atoms with E-state index < -0.39 is 0 Å². The molecule has 0 fully saturated rings. The van der Waals surface area contributed by atoms with Crippen molar-refractivity contribution in [3.8, 4) is 5.75 Å². The lowest BCUT2D eigenvalue weighted by Gasteiger charge is -2.16. The highest BCUT2D eigenvalue weighted by Crippen LogP contribution is 2.28. The van der Waals surface area contributed by atoms with E-state index in [-0.39, 0.29) is 6.04 Å². The van der Waals surface area contributed by atoms with Crippen LogP contribution in [0.3, 0.4) is 0 Å². The topological polar surface area (TPSA) is 73.3 Å². The molecule has 5 heteroatoms. The lowest BCUT2D eigenvalue weighted by molar-refractivity contribution is 0.400. The molecule has 0 aliphatic heterocycles. The lowest BCUT2D eigenvalue weighted by Crippen LogP contribution is -2.29. The minimum absolute atomic E-state index is 0.247. The highest BCUT2D eigenvalue weighted by molar-refractivity contribution is 5.36. The Morgan fingerprint density at radius 1 is 1.53 bits per heavy atom. The summed E-state index contributed by atoms with van der Waals surface area (Å²) >= 11 is 0. The first-order valence-electron chi connectivity index (χ1n) is 5.26. The third-order valence-corrected chi connectivity index (χ3v) is 2.54. The minimum atomic E-state index is -0.247. The second-order valence-electron chi connectivity index (χ2n) is 3.68. The summed E-state index contributed by atoms with van der Waals surface area (Å²) in [7, 11) is 1.61. The Labute approximate surface area is 99.6 Å². The molecule has 2 aromatic heterocycles. The van der Waals surface area contributed by atoms with Gasteiger partial charge in [0.2, 0.25) is 0 Å². The van der Waals surface area contributed by atoms with Crippen molar-refractivity contribution < 1.29 is 9.15 Å². The minimum Gasteiger partial charge on any atom is -0.495 e. The molecule has 17 heavy (non-hydrogen) atoms. The van der Waals surface area contributed by atoms with E-state index in [2.05, 4.69) is 10.4 Å². The lowest BCUT2D eigenvalue weighted by atomic mass is 10.1. The standard InChI is InChI=1S/C12H15N3O2/c1-8-6-9(7-17-8)11(15-13)12-10(16-2)4-3-5-14-12/h3-7,11,15H,13H2,1-2H3. The molecule has 2 aromatic rings. The first-order valence-corrected chi connectivity index (χ1v) is 5.26. The van der Waals surface area contributed by atoms with Gasteiger partial charge in [-0.25, -0.2) is 5.43 Å². The SMILES string of the molecule is COc1cccnc1C(NN)c1coc(C)c1. The molecule has 2 rings (SSSR count). The Kier molecular flexibility index (Phi) is 3.41. The van der Waals surface area contributed by atoms with Gasteiger partial charge in [0.15, 0.2) is 0 Å². The summed E-state index contributed by atoms with van der Waals surface area (Å²) in [5.74, 6) is 7.10. The van der Waals surface area contributed by atoms with Crippen molar-refractivity contribution in [2.75, 3.05) is 7.11 Å². The molecule has 0 bridgehead atoms. The molecular weight excluding hydrogens is 218 g/mol. The van der Waals surface area contributed by atoms with Crippen molar-refractivity contribution in [3.05, 3.63) is 47.7 Å². The van der Waals surface area contributed by atoms with Gasteiger partial charge >= 0.3 is 0 Å². The largest absolute Gasteiger partial charge is 0.495 e. The van der Waals surface area contributed by atoms with Crippen LogP contribution in [0.1, 0.15) is 23.1 Å². The summed E-state index contributed by atoms with van der Waals surface area (Å²) in [6, 6.07) is 5.33. The first-order chi connectivity index (χ1) is 8.26. The van der Waals surface area contributed by atoms with Crippen LogP contribution in [0.25, 0.3) is 0 Å². The Bertz CT molecular complexity index is 496. The molecule has 1 atom stereocenters. The normalized spacial score (nSPS) is 12.4. The van der Waals surface area contributed by atoms with E-state index >= 15 is 0 Å². The number of furan rings is 1. The van der Waals surface area contributed by atoms with E-state index in [0.717, 1.165) is 17.0 Å². The van der Waals surface area contributed by atoms with Crippen LogP contribution >= 0.6 is 0 Å². The number of hydrazine groups is 1. The van der Waals surface area contributed by atoms with Crippen LogP contribution in [0.2, 0.25) is 0 Å². The highest BCUT2D eigenvalue weighted by atomic mass is 16.5. The van der Waals surface area contributed by atoms with Crippen molar-refractivity contribution in [1.82, 2.24) is 10.4 Å². The van der Waals surface area contributed by atoms with Crippen LogP contribution < -0.4 is 16.0 Å². The fourth-order valence-corrected chi connectivity index (χ4v) is 1.74. The molecule has 1 unspecified atom stereocenters. The summed E-state index contributed by atoms with van der Waals surface area (Å²) in [5.41, 5.74) is 4.37. The van der Waals surface area contributed by atoms with Crippen molar-refractivity contribution in [3.63, 3.8) is 0 Å². The summed E-state index contributed by atoms with van der Waals surface area (Å²) in [6.45, 7) is 1.88. The summed E-state index contributed by atoms with van der Waals surface area (Å²) < 4.78 is 10.5. The fraction of sp³-hybridized carbons (Fsp3) is 0.250. The summed E-state index contributed by atoms with van der Waals surface area (Å²) in [4.78, 5) is 4.30. The average molecular weight is 233 g/mol. The zero-order chi connectivity index (χ0) is 12.3. The van der Waals surface area contributed by atoms with E-state index in [1.807, 2.05) is 25.1 Å². The Morgan fingerprint density at radius 3 is 2.94 bits per heavy atom. The van der Waals surface area contributed by atoms with Crippen LogP contribution in [0.5, 0.6) is 5.75 Å². The molecule has 0 spiro atoms. The number of rotatable bonds is 4. The maximum Gasteiger partial charge on any atom is 0.142 e. The van der Waals surface area contributed by atoms with Crippen molar-refractivity contribution >= 4 is 0 Å². The van der Waals surface area contributed by atoms with Gasteiger partial charge in [0.05, 0.1) is 19.4 Å². The number of ether oxygens (including phenoxy) is 1. The smallest absolute Gasteiger partial charge is 0.142 e. The molecule has 0 saturated heterocycles. The van der Waals surface area contributed by atoms with Gasteiger partial charge in [-0.1, -0.05) is 0 Å². The molecule has 2 heterocycles. The van der Waals surface area contributed by atoms with Crippen molar-refractivity contribution in [1.29, 1.82) is 0 Å². The fourth-order valence-electron chi connectivity index (χ4n) is 1.74. The van der Waals surface area contributed by atoms with Gasteiger partial charge in [0, 0.05) is 11.8 Å². The number of aryl methyl sites for hydroxylation is 1. The number of methoxy groups -OCH3 is 1. The summed E-state index contributed by atoms with van der Waals surface area (Å²) in [6.07, 6.45) is 3.36. The maximum absolute atomic E-state index is 5.58. The van der Waals surface area contributed by atoms with Gasteiger partial charge in [0.25, 0.3) is 0 Å². The predicted octanol–water partition coefficient (Wildman–Crippen LogP) is 1.54. The van der Waals surface area contributed by atoms with Crippen LogP contribution in [-0.4, -0.2) is 12.1 Å². The summed E-state index contributed by atoms with van der Waals surface area (Å²) in [5, 5.41) is 0. The van der Waals surface area contributed by atoms with Gasteiger partial charge in [0.1, 0.15) is 17.2 Å². The highest BCUT2D eigenvalue weighted by Gasteiger charge is 2.19. The quantitative estimate of drug-likeness (QED) is 0.619. The third kappa shape index (κ3) is 2.30. The average Bonchev–Trinajstić information content (AvgIpc) is 2.77. The molecule has 90 valence electrons. The number of nitrogens with zero attached hydrogens (tertiary/aromatic N) is 1. The Hall–Kier alpha value is -1.85. The van der Waals surface area contributed by atoms with Crippen LogP contribution in [0, 0.1) is 6.92 Å². The molecule has 0 radical (unpaired) electrons. The zero-order valence-electron chi connectivity index (χ0n) is 9.81. The molecule has 0 aliphatic rings. The Morgan fingerprint density at radius 2 is 2.35 bits per heavy atom. The maximum atomic E-state index is 5.58. The molecule has 3 N–H and O–H groups in total. The molecule has 0 aromatic carbocycles. The van der Waals surface area contributed by atoms with E-state index in [1.54, 1.807) is 19.6 Å². The van der Waals surface area contributed by atoms with E-state index in [9.17, 15) is 0 Å². The molecule has 0 aliphatic carbocycles. The Balaban J connectivity index is 2.41. The number of hydrogen-bond donors (Lipinski definition) is 2. The molecular formula is C12H15N3O2. The van der Waals surface area contributed by atoms with Gasteiger partial charge in [-0.05, 0) is 25.1 Å². The van der Waals surface area contributed by atoms with Crippen LogP contribution in [0.4, 0.5) is 0 Å². The number of aromatic nitrogens is 1. The third-order valence-electron chi connectivity index (χ3n) is 2.54. The van der Waals surface area contributed by atoms with E-state index in [0.29, 0.717) is 5.75 Å². The van der Waals surface area contributed by atoms with Gasteiger partial charge in [-0.2, -0.15) is 0 Å². The van der Waals surface area contributed by atoms with Crippen molar-refractivity contribution in [2.45, 2.75) is 13.0 Å². The van der Waals surface area contributed by atoms with Crippen LogP contribution in [0.15, 0.2) is 35.1 Å². The van der Waals surface area contributed by atoms with Gasteiger partial charge in [-0.15, -0.1) is 0 Å². The first kappa shape index (κ1) is 11.6. The van der Waals surface area contributed by atoms with E-state index in [4.69, 9.17) is 15.0 Å². The zero-order valence-corrected chi connectivity index (χ0v) is 9.81. The molecule has 5 nitrogen and oxygen atoms in total. The number of pyridine rings is 1. The monoisotopic (exact) mass is 233 g/mol. The number of nitrogens with one attached hydrogen (secondary N) is 1. The number of nitrogens with two attached hydrogens (primary N) is 1. The number of hydrogen-bond acceptors (Lipinski definition) is 5. The van der Waals surface area contributed by atoms with Crippen molar-refractivity contribution in [2.24, 2.45) is 5.84 Å². The van der Waals surface area contributed by atoms with Crippen LogP contribution in [-0.2, 0) is 0 Å².